The van der Waals surface area contributed by atoms with Crippen LogP contribution in [0, 0.1) is 0 Å². The van der Waals surface area contributed by atoms with Crippen molar-refractivity contribution in [1.82, 2.24) is 42.5 Å². The van der Waals surface area contributed by atoms with Crippen molar-refractivity contribution in [3.63, 3.8) is 0 Å². The van der Waals surface area contributed by atoms with Crippen LogP contribution >= 0.6 is 11.8 Å². The van der Waals surface area contributed by atoms with Gasteiger partial charge in [0.1, 0.15) is 195 Å². The smallest absolute Gasteiger partial charge is 0.326 e. The third-order valence-corrected chi connectivity index (χ3v) is 24.4. The van der Waals surface area contributed by atoms with Crippen LogP contribution in [0.3, 0.4) is 0 Å². The highest BCUT2D eigenvalue weighted by molar-refractivity contribution is 8.00. The second-order valence-corrected chi connectivity index (χ2v) is 33.1. The maximum atomic E-state index is 12.9. The molecule has 0 bridgehead atoms. The highest BCUT2D eigenvalue weighted by atomic mass is 32.2. The summed E-state index contributed by atoms with van der Waals surface area (Å²) in [6.45, 7) is -2.66. The van der Waals surface area contributed by atoms with Gasteiger partial charge in [-0.3, -0.25) is 28.8 Å². The minimum Gasteiger partial charge on any atom is -0.480 e. The number of amides is 8. The van der Waals surface area contributed by atoms with Crippen LogP contribution in [0.5, 0.6) is 0 Å². The summed E-state index contributed by atoms with van der Waals surface area (Å²) in [6, 6.07) is -7.59. The molecule has 10 aliphatic heterocycles. The lowest BCUT2D eigenvalue weighted by molar-refractivity contribution is -0.396. The fourth-order valence-electron chi connectivity index (χ4n) is 16.2. The van der Waals surface area contributed by atoms with E-state index in [2.05, 4.69) is 42.5 Å². The molecule has 0 aromatic heterocycles. The molecule has 30 N–H and O–H groups in total. The highest BCUT2D eigenvalue weighted by Gasteiger charge is 2.61. The Bertz CT molecular complexity index is 3520. The predicted octanol–water partition coefficient (Wildman–Crippen LogP) is -17.4. The van der Waals surface area contributed by atoms with Gasteiger partial charge in [0.05, 0.1) is 83.5 Å². The van der Waals surface area contributed by atoms with Crippen molar-refractivity contribution in [1.29, 1.82) is 0 Å². The summed E-state index contributed by atoms with van der Waals surface area (Å²) in [5.74, 6) is -4.37. The van der Waals surface area contributed by atoms with Crippen LogP contribution in [0.1, 0.15) is 66.7 Å². The molecule has 10 fully saturated rings. The average molecular weight is 1850 g/mol. The summed E-state index contributed by atoms with van der Waals surface area (Å²) in [5, 5.41) is 262. The molecule has 724 valence electrons. The molecule has 10 aliphatic rings. The van der Waals surface area contributed by atoms with E-state index in [9.17, 15) is 146 Å². The second-order valence-electron chi connectivity index (χ2n) is 31.9. The number of thioether (sulfide) groups is 1. The van der Waals surface area contributed by atoms with E-state index in [-0.39, 0.29) is 36.9 Å². The number of hydrogen-bond donors (Lipinski definition) is 30. The van der Waals surface area contributed by atoms with Crippen molar-refractivity contribution in [2.24, 2.45) is 0 Å². The highest BCUT2D eigenvalue weighted by Crippen LogP contribution is 2.40. The Balaban J connectivity index is 0.000000613. The molecular formula is C72H120N8O45S. The lowest BCUT2D eigenvalue weighted by atomic mass is 9.92. The van der Waals surface area contributed by atoms with Gasteiger partial charge in [-0.1, -0.05) is 6.42 Å². The maximum absolute atomic E-state index is 12.9. The first-order chi connectivity index (χ1) is 59.7. The summed E-state index contributed by atoms with van der Waals surface area (Å²) in [6.07, 6.45) is -68.8. The minimum atomic E-state index is -2.48. The van der Waals surface area contributed by atoms with E-state index >= 15 is 0 Å². The number of aliphatic hydroxyl groups is 21. The molecule has 0 aliphatic carbocycles. The first-order valence-electron chi connectivity index (χ1n) is 40.8. The summed E-state index contributed by atoms with van der Waals surface area (Å²) >= 11 is 1.82. The van der Waals surface area contributed by atoms with Crippen LogP contribution < -0.4 is 42.5 Å². The largest absolute Gasteiger partial charge is 0.480 e. The standard InChI is InChI=1S/C57H96N4O40.C15H24N4O5S/c1-14-27(58-15(2)69)37(79)45(23(10-66)88-14)96-52-29(60-17(4)71)38(80)47(25(12-68)93-52)98-55-44(86)48(99-57-50(42(84)34(76)22(9-65)92-57)101-51-28(59-16(3)70)36(78)31(73)19(6-62)89-51)35(77)26(95-55)13-87-56-49(41(83)33(75)21(8-64)91-56)100-53-30(61-18(5)72)39(81)46(24(11-67)94-53)97-54-43(85)40(82)32(74)20(7-63)90-54;1-16-12(21)6-8(14(22)23)17-11(20)5-3-2-4-10-13-9(7-25-10)18-15(24)19-13/h14,19-57,62-68,73-86H,6-13H2,1-5H3,(H,58,69)(H,59,70)(H,60,71)(H,61,72);8-10,13H,2-7H2,1H3,(H,16,21)(H,17,20)(H,22,23)(H2,18,19,24)/t14-,19?,20?,21?,22?,23?,24-,25?,26?,27?,28?,29?,30?,31+,32-,33+,34+,35+,36+,37+,38+,39?,40-,41-,42?,43?,44?,45+,46+,47+,48-,49?,50?,51-,52-,53-,54-,55-,56-,57+;/m0./s1. The van der Waals surface area contributed by atoms with Crippen LogP contribution in [0.2, 0.25) is 0 Å². The van der Waals surface area contributed by atoms with E-state index in [4.69, 9.17) is 76.2 Å². The van der Waals surface area contributed by atoms with Gasteiger partial charge < -0.3 is 226 Å². The number of aliphatic carboxylic acids is 1. The topological polar surface area (TPSA) is 816 Å². The number of rotatable bonds is 35. The summed E-state index contributed by atoms with van der Waals surface area (Å²) in [5.41, 5.74) is 0. The number of carbonyl (C=O) groups excluding carboxylic acids is 7. The first-order valence-corrected chi connectivity index (χ1v) is 41.8. The third-order valence-electron chi connectivity index (χ3n) is 22.9. The Kier molecular flexibility index (Phi) is 39.0. The quantitative estimate of drug-likeness (QED) is 0.0207. The zero-order valence-electron chi connectivity index (χ0n) is 68.9. The van der Waals surface area contributed by atoms with Crippen molar-refractivity contribution in [3.8, 4) is 0 Å². The van der Waals surface area contributed by atoms with Crippen LogP contribution in [0.15, 0.2) is 0 Å². The number of urea groups is 1. The van der Waals surface area contributed by atoms with Gasteiger partial charge in [0.25, 0.3) is 0 Å². The minimum absolute atomic E-state index is 0.115. The average Bonchev–Trinajstić information content (AvgIpc) is 0.933. The zero-order chi connectivity index (χ0) is 92.9. The predicted molar refractivity (Wildman–Crippen MR) is 406 cm³/mol. The van der Waals surface area contributed by atoms with Gasteiger partial charge in [0.2, 0.25) is 35.4 Å². The third kappa shape index (κ3) is 25.0. The Labute approximate surface area is 722 Å². The van der Waals surface area contributed by atoms with Crippen molar-refractivity contribution in [2.75, 3.05) is 65.7 Å². The van der Waals surface area contributed by atoms with Gasteiger partial charge in [0.15, 0.2) is 44.0 Å². The lowest BCUT2D eigenvalue weighted by Crippen LogP contribution is -2.70. The molecular weight excluding hydrogens is 1730 g/mol. The number of fused-ring (bicyclic) bond motifs is 1. The molecule has 54 heteroatoms. The summed E-state index contributed by atoms with van der Waals surface area (Å²) in [4.78, 5) is 95.9. The van der Waals surface area contributed by atoms with Crippen LogP contribution in [-0.4, -0.2) is 494 Å². The number of unbranched alkanes of at least 4 members (excludes halogenated alkanes) is 1. The summed E-state index contributed by atoms with van der Waals surface area (Å²) in [7, 11) is 1.41. The molecule has 0 aromatic rings. The fraction of sp³-hybridized carbons (Fsp3) is 0.889. The molecule has 8 amide bonds. The van der Waals surface area contributed by atoms with E-state index < -0.39 is 340 Å². The first kappa shape index (κ1) is 104. The van der Waals surface area contributed by atoms with E-state index in [1.807, 2.05) is 11.8 Å². The number of carboxylic acids is 1. The van der Waals surface area contributed by atoms with Crippen molar-refractivity contribution < 1.29 is 222 Å². The number of carbonyl (C=O) groups is 8. The van der Waals surface area contributed by atoms with E-state index in [1.165, 1.54) is 14.0 Å². The molecule has 126 heavy (non-hydrogen) atoms. The number of hydrogen-bond acceptors (Lipinski definition) is 45. The van der Waals surface area contributed by atoms with Gasteiger partial charge in [-0.2, -0.15) is 11.8 Å². The number of carboxylic acid groups (broad SMARTS) is 1. The molecule has 10 heterocycles. The molecule has 0 radical (unpaired) electrons. The SMILES string of the molecule is CC(=O)NC1C(O)[C@H](O[C@@H]2OC(CO)[C@H](O)[C@H](O)C2O)[C@H](CO)O[C@H]1OC1[C@@H](OCC2O[C@@H](O[C@@H]3C(CO)O[C@@H](O[C@@H]4C(CO)O[C@@H](C)C(NC(C)=O)[C@H]4O)C(NC(C)=O)[C@H]3O)C(O)[C@@H](O[C@H]3OC(CO)[C@@H](O)C(O)C3O[C@@H]3OC(CO)[C@@H](O)[C@H](O)C3NC(C)=O)[C@@H]2O)OC(CO)[C@@H](O)[C@@H]1O.CNC(=O)CC(NC(=O)CCCCC1SCC2NC(=O)NC21)C(=O)O. The molecule has 0 spiro atoms. The van der Waals surface area contributed by atoms with E-state index in [0.717, 1.165) is 46.3 Å². The molecule has 44 atom stereocenters. The van der Waals surface area contributed by atoms with Gasteiger partial charge in [0, 0.05) is 52.2 Å². The van der Waals surface area contributed by atoms with Gasteiger partial charge in [-0.05, 0) is 19.8 Å². The molecule has 53 nitrogen and oxygen atoms in total. The molecule has 0 aromatic carbocycles. The van der Waals surface area contributed by atoms with Crippen LogP contribution in [0.25, 0.3) is 0 Å². The normalized spacial score (nSPS) is 43.8. The molecule has 10 rings (SSSR count). The Morgan fingerprint density at radius 3 is 1.26 bits per heavy atom. The fourth-order valence-corrected chi connectivity index (χ4v) is 17.8. The Morgan fingerprint density at radius 1 is 0.405 bits per heavy atom. The molecule has 10 saturated heterocycles. The molecule has 0 saturated carbocycles. The zero-order valence-corrected chi connectivity index (χ0v) is 69.8. The number of ether oxygens (including phenoxy) is 15. The van der Waals surface area contributed by atoms with Crippen molar-refractivity contribution in [2.45, 2.75) is 335 Å². The van der Waals surface area contributed by atoms with Gasteiger partial charge >= 0.3 is 12.0 Å². The van der Waals surface area contributed by atoms with Crippen LogP contribution in [-0.2, 0) is 105 Å². The number of aliphatic hydroxyl groups excluding tert-OH is 21. The van der Waals surface area contributed by atoms with Gasteiger partial charge in [-0.25, -0.2) is 9.59 Å². The van der Waals surface area contributed by atoms with Gasteiger partial charge in [-0.15, -0.1) is 0 Å². The molecule has 21 unspecified atom stereocenters. The van der Waals surface area contributed by atoms with Crippen LogP contribution in [0.4, 0.5) is 4.79 Å². The monoisotopic (exact) mass is 1850 g/mol. The summed E-state index contributed by atoms with van der Waals surface area (Å²) < 4.78 is 89.4. The lowest BCUT2D eigenvalue weighted by Gasteiger charge is -2.51. The number of nitrogens with one attached hydrogen (secondary N) is 8. The van der Waals surface area contributed by atoms with E-state index in [1.54, 1.807) is 0 Å². The maximum Gasteiger partial charge on any atom is 0.326 e. The Morgan fingerprint density at radius 2 is 0.786 bits per heavy atom. The second kappa shape index (κ2) is 47.2. The van der Waals surface area contributed by atoms with Crippen molar-refractivity contribution >= 4 is 59.2 Å². The van der Waals surface area contributed by atoms with Crippen molar-refractivity contribution in [3.05, 3.63) is 0 Å². The Hall–Kier alpha value is -5.53. The van der Waals surface area contributed by atoms with E-state index in [0.29, 0.717) is 11.7 Å².